The average molecular weight is 411 g/mol. The van der Waals surface area contributed by atoms with E-state index in [-0.39, 0.29) is 0 Å². The predicted molar refractivity (Wildman–Crippen MR) is 90.8 cm³/mol. The Hall–Kier alpha value is -0.450. The summed E-state index contributed by atoms with van der Waals surface area (Å²) < 4.78 is 6.11. The van der Waals surface area contributed by atoms with E-state index in [0.717, 1.165) is 4.47 Å². The van der Waals surface area contributed by atoms with Crippen molar-refractivity contribution in [3.05, 3.63) is 61.0 Å². The number of benzene rings is 2. The van der Waals surface area contributed by atoms with Crippen LogP contribution in [-0.4, -0.2) is 11.7 Å². The molecule has 0 amide bonds. The van der Waals surface area contributed by atoms with Gasteiger partial charge in [-0.1, -0.05) is 50.7 Å². The lowest BCUT2D eigenvalue weighted by atomic mass is 10.0. The third-order valence-corrected chi connectivity index (χ3v) is 4.48. The molecule has 2 rings (SSSR count). The van der Waals surface area contributed by atoms with Crippen LogP contribution in [0.15, 0.2) is 34.8 Å². The van der Waals surface area contributed by atoms with Crippen molar-refractivity contribution in [2.24, 2.45) is 0 Å². The van der Waals surface area contributed by atoms with Gasteiger partial charge in [-0.2, -0.15) is 0 Å². The number of hydrogen-bond acceptors (Lipinski definition) is 2. The van der Waals surface area contributed by atoms with E-state index in [2.05, 4.69) is 15.9 Å². The minimum atomic E-state index is -0.946. The van der Waals surface area contributed by atoms with Crippen molar-refractivity contribution in [2.75, 3.05) is 6.61 Å². The molecule has 0 heterocycles. The molecule has 2 nitrogen and oxygen atoms in total. The van der Waals surface area contributed by atoms with E-state index in [0.29, 0.717) is 38.6 Å². The van der Waals surface area contributed by atoms with Gasteiger partial charge in [-0.25, -0.2) is 0 Å². The topological polar surface area (TPSA) is 29.5 Å². The number of hydrogen-bond donors (Lipinski definition) is 1. The summed E-state index contributed by atoms with van der Waals surface area (Å²) in [5, 5.41) is 11.9. The molecule has 0 saturated heterocycles. The molecule has 0 aliphatic rings. The van der Waals surface area contributed by atoms with Crippen molar-refractivity contribution in [3.8, 4) is 5.75 Å². The van der Waals surface area contributed by atoms with Gasteiger partial charge in [-0.3, -0.25) is 0 Å². The molecule has 0 saturated carbocycles. The minimum Gasteiger partial charge on any atom is -0.492 e. The first kappa shape index (κ1) is 16.9. The van der Waals surface area contributed by atoms with Crippen LogP contribution in [0.3, 0.4) is 0 Å². The second-order valence-corrected chi connectivity index (χ2v) is 6.41. The van der Waals surface area contributed by atoms with Gasteiger partial charge in [0.15, 0.2) is 0 Å². The number of aliphatic hydroxyl groups is 1. The molecule has 1 atom stereocenters. The molecule has 1 N–H and O–H groups in total. The monoisotopic (exact) mass is 408 g/mol. The average Bonchev–Trinajstić information content (AvgIpc) is 2.44. The maximum Gasteiger partial charge on any atom is 0.139 e. The molecule has 2 aromatic carbocycles. The van der Waals surface area contributed by atoms with E-state index in [1.54, 1.807) is 30.3 Å². The Kier molecular flexibility index (Phi) is 5.81. The van der Waals surface area contributed by atoms with Crippen LogP contribution in [0, 0.1) is 0 Å². The fourth-order valence-electron chi connectivity index (χ4n) is 1.91. The van der Waals surface area contributed by atoms with Crippen LogP contribution in [0.5, 0.6) is 5.75 Å². The number of rotatable bonds is 4. The highest BCUT2D eigenvalue weighted by Crippen LogP contribution is 2.38. The van der Waals surface area contributed by atoms with Crippen LogP contribution < -0.4 is 4.74 Å². The molecule has 0 radical (unpaired) electrons. The molecule has 2 aromatic rings. The van der Waals surface area contributed by atoms with Crippen molar-refractivity contribution in [1.29, 1.82) is 0 Å². The Morgan fingerprint density at radius 3 is 2.48 bits per heavy atom. The number of ether oxygens (including phenoxy) is 1. The first-order valence-corrected chi connectivity index (χ1v) is 8.11. The summed E-state index contributed by atoms with van der Waals surface area (Å²) in [7, 11) is 0. The normalized spacial score (nSPS) is 12.3. The summed E-state index contributed by atoms with van der Waals surface area (Å²) in [6.07, 6.45) is -0.946. The molecule has 6 heteroatoms. The lowest BCUT2D eigenvalue weighted by Gasteiger charge is -2.17. The summed E-state index contributed by atoms with van der Waals surface area (Å²) in [6.45, 7) is 2.34. The highest BCUT2D eigenvalue weighted by Gasteiger charge is 2.19. The summed E-state index contributed by atoms with van der Waals surface area (Å²) >= 11 is 21.7. The molecule has 1 unspecified atom stereocenters. The Morgan fingerprint density at radius 1 is 1.10 bits per heavy atom. The molecular formula is C15H12BrCl3O2. The van der Waals surface area contributed by atoms with Crippen molar-refractivity contribution in [3.63, 3.8) is 0 Å². The largest absolute Gasteiger partial charge is 0.492 e. The summed E-state index contributed by atoms with van der Waals surface area (Å²) in [4.78, 5) is 0. The van der Waals surface area contributed by atoms with Crippen molar-refractivity contribution in [1.82, 2.24) is 0 Å². The van der Waals surface area contributed by atoms with E-state index < -0.39 is 6.10 Å². The fourth-order valence-corrected chi connectivity index (χ4v) is 3.04. The van der Waals surface area contributed by atoms with Gasteiger partial charge >= 0.3 is 0 Å². The maximum atomic E-state index is 10.6. The van der Waals surface area contributed by atoms with Crippen LogP contribution in [0.25, 0.3) is 0 Å². The Morgan fingerprint density at radius 2 is 1.81 bits per heavy atom. The van der Waals surface area contributed by atoms with Crippen LogP contribution in [0.2, 0.25) is 15.1 Å². The van der Waals surface area contributed by atoms with Crippen LogP contribution in [0.1, 0.15) is 24.2 Å². The molecule has 21 heavy (non-hydrogen) atoms. The second kappa shape index (κ2) is 7.21. The lowest BCUT2D eigenvalue weighted by molar-refractivity contribution is 0.219. The molecule has 0 spiro atoms. The van der Waals surface area contributed by atoms with E-state index in [1.807, 2.05) is 6.92 Å². The fraction of sp³-hybridized carbons (Fsp3) is 0.200. The van der Waals surface area contributed by atoms with Crippen molar-refractivity contribution < 1.29 is 9.84 Å². The van der Waals surface area contributed by atoms with Gasteiger partial charge in [0.1, 0.15) is 11.9 Å². The van der Waals surface area contributed by atoms with E-state index in [9.17, 15) is 5.11 Å². The van der Waals surface area contributed by atoms with Gasteiger partial charge in [0, 0.05) is 26.7 Å². The van der Waals surface area contributed by atoms with Crippen molar-refractivity contribution >= 4 is 50.7 Å². The summed E-state index contributed by atoms with van der Waals surface area (Å²) in [5.74, 6) is 0.491. The smallest absolute Gasteiger partial charge is 0.139 e. The standard InChI is InChI=1S/C15H12BrCl3O2/c1-2-21-14-7-12(18)10(6-13(14)19)15(20)9-5-8(17)3-4-11(9)16/h3-7,15,20H,2H2,1H3. The molecule has 0 fully saturated rings. The minimum absolute atomic E-state index is 0.377. The second-order valence-electron chi connectivity index (χ2n) is 4.31. The summed E-state index contributed by atoms with van der Waals surface area (Å²) in [6, 6.07) is 8.38. The zero-order valence-corrected chi connectivity index (χ0v) is 14.9. The number of aliphatic hydroxyl groups excluding tert-OH is 1. The molecule has 0 aromatic heterocycles. The van der Waals surface area contributed by atoms with E-state index in [4.69, 9.17) is 39.5 Å². The van der Waals surface area contributed by atoms with Gasteiger partial charge in [0.05, 0.1) is 16.7 Å². The van der Waals surface area contributed by atoms with Crippen molar-refractivity contribution in [2.45, 2.75) is 13.0 Å². The van der Waals surface area contributed by atoms with Gasteiger partial charge in [0.25, 0.3) is 0 Å². The molecule has 0 bridgehead atoms. The highest BCUT2D eigenvalue weighted by molar-refractivity contribution is 9.10. The van der Waals surface area contributed by atoms with Crippen LogP contribution >= 0.6 is 50.7 Å². The van der Waals surface area contributed by atoms with Crippen LogP contribution in [-0.2, 0) is 0 Å². The molecule has 112 valence electrons. The maximum absolute atomic E-state index is 10.6. The number of halogens is 4. The molecule has 0 aliphatic heterocycles. The van der Waals surface area contributed by atoms with Crippen LogP contribution in [0.4, 0.5) is 0 Å². The summed E-state index contributed by atoms with van der Waals surface area (Å²) in [5.41, 5.74) is 1.11. The van der Waals surface area contributed by atoms with Gasteiger partial charge < -0.3 is 9.84 Å². The lowest BCUT2D eigenvalue weighted by Crippen LogP contribution is -2.03. The third-order valence-electron chi connectivity index (χ3n) is 2.90. The van der Waals surface area contributed by atoms with E-state index in [1.165, 1.54) is 0 Å². The Balaban J connectivity index is 2.46. The predicted octanol–water partition coefficient (Wildman–Crippen LogP) is 5.89. The van der Waals surface area contributed by atoms with Gasteiger partial charge in [-0.15, -0.1) is 0 Å². The Bertz CT molecular complexity index is 662. The zero-order valence-electron chi connectivity index (χ0n) is 11.0. The third kappa shape index (κ3) is 3.85. The first-order valence-electron chi connectivity index (χ1n) is 6.18. The highest BCUT2D eigenvalue weighted by atomic mass is 79.9. The SMILES string of the molecule is CCOc1cc(Cl)c(C(O)c2cc(Cl)ccc2Br)cc1Cl. The quantitative estimate of drug-likeness (QED) is 0.681. The molecule has 0 aliphatic carbocycles. The Labute approximate surface area is 146 Å². The zero-order chi connectivity index (χ0) is 15.6. The first-order chi connectivity index (χ1) is 9.93. The van der Waals surface area contributed by atoms with E-state index >= 15 is 0 Å². The van der Waals surface area contributed by atoms with Gasteiger partial charge in [0.2, 0.25) is 0 Å². The molecular weight excluding hydrogens is 398 g/mol. The van der Waals surface area contributed by atoms with Gasteiger partial charge in [-0.05, 0) is 31.2 Å².